The van der Waals surface area contributed by atoms with Crippen molar-refractivity contribution in [3.05, 3.63) is 94.4 Å². The summed E-state index contributed by atoms with van der Waals surface area (Å²) in [5.41, 5.74) is 10.6. The molecule has 1 aliphatic rings. The van der Waals surface area contributed by atoms with E-state index in [1.165, 1.54) is 72.7 Å². The first kappa shape index (κ1) is 23.4. The van der Waals surface area contributed by atoms with Crippen molar-refractivity contribution in [2.75, 3.05) is 0 Å². The van der Waals surface area contributed by atoms with Crippen LogP contribution in [0.4, 0.5) is 0 Å². The van der Waals surface area contributed by atoms with Gasteiger partial charge in [-0.05, 0) is 83.7 Å². The van der Waals surface area contributed by atoms with E-state index in [1.807, 2.05) is 25.3 Å². The maximum absolute atomic E-state index is 12.5. The summed E-state index contributed by atoms with van der Waals surface area (Å²) >= 11 is 0. The van der Waals surface area contributed by atoms with E-state index in [9.17, 15) is 4.79 Å². The Morgan fingerprint density at radius 1 is 0.703 bits per heavy atom. The Kier molecular flexibility index (Phi) is 6.44. The van der Waals surface area contributed by atoms with Gasteiger partial charge in [0.2, 0.25) is 0 Å². The number of aromatic amines is 2. The van der Waals surface area contributed by atoms with Crippen LogP contribution in [-0.2, 0) is 12.8 Å². The van der Waals surface area contributed by atoms with Crippen LogP contribution in [0.25, 0.3) is 44.4 Å². The molecule has 1 aliphatic carbocycles. The van der Waals surface area contributed by atoms with E-state index in [0.29, 0.717) is 5.39 Å². The quantitative estimate of drug-likeness (QED) is 0.278. The predicted octanol–water partition coefficient (Wildman–Crippen LogP) is 7.39. The SMILES string of the molecule is Cc1ncc(-c2ccc(-c3ccc(-c4ccc5nc[nH]c(=O)c5c4)c4c3CCCCCCCC4)cc2)[nH]1. The molecule has 2 aromatic heterocycles. The Hall–Kier alpha value is -3.99. The number of benzene rings is 3. The Bertz CT molecular complexity index is 1610. The lowest BCUT2D eigenvalue weighted by atomic mass is 9.83. The molecule has 0 amide bonds. The van der Waals surface area contributed by atoms with Crippen molar-refractivity contribution in [1.29, 1.82) is 0 Å². The second-order valence-electron chi connectivity index (χ2n) is 10.2. The maximum Gasteiger partial charge on any atom is 0.258 e. The Morgan fingerprint density at radius 2 is 1.32 bits per heavy atom. The van der Waals surface area contributed by atoms with Crippen LogP contribution in [0.3, 0.4) is 0 Å². The fourth-order valence-corrected chi connectivity index (χ4v) is 5.75. The van der Waals surface area contributed by atoms with Crippen LogP contribution in [0, 0.1) is 6.92 Å². The monoisotopic (exact) mass is 488 g/mol. The summed E-state index contributed by atoms with van der Waals surface area (Å²) in [5.74, 6) is 0.925. The minimum Gasteiger partial charge on any atom is -0.342 e. The molecule has 2 heterocycles. The molecule has 3 aromatic carbocycles. The number of aryl methyl sites for hydroxylation is 1. The Morgan fingerprint density at radius 3 is 2.00 bits per heavy atom. The molecule has 0 fully saturated rings. The standard InChI is InChI=1S/C32H32N4O/c1-21-33-19-31(36-21)23-12-10-22(11-13-23)25-15-16-26(28-9-7-5-3-2-4-6-8-27(25)28)24-14-17-30-29(18-24)32(37)35-20-34-30/h10-20H,2-9H2,1H3,(H,33,36)(H,34,35,37). The summed E-state index contributed by atoms with van der Waals surface area (Å²) in [6.07, 6.45) is 13.1. The number of H-pyrrole nitrogens is 2. The third kappa shape index (κ3) is 4.74. The normalized spacial score (nSPS) is 14.4. The second kappa shape index (κ2) is 10.2. The summed E-state index contributed by atoms with van der Waals surface area (Å²) in [6.45, 7) is 1.98. The molecule has 0 saturated heterocycles. The molecule has 0 atom stereocenters. The van der Waals surface area contributed by atoms with Crippen molar-refractivity contribution in [3.8, 4) is 33.5 Å². The van der Waals surface area contributed by atoms with E-state index in [4.69, 9.17) is 0 Å². The smallest absolute Gasteiger partial charge is 0.258 e. The molecule has 0 bridgehead atoms. The van der Waals surface area contributed by atoms with Gasteiger partial charge in [0.25, 0.3) is 5.56 Å². The van der Waals surface area contributed by atoms with Crippen LogP contribution in [0.2, 0.25) is 0 Å². The lowest BCUT2D eigenvalue weighted by Crippen LogP contribution is -2.07. The average molecular weight is 489 g/mol. The Balaban J connectivity index is 1.47. The van der Waals surface area contributed by atoms with E-state index in [1.54, 1.807) is 0 Å². The highest BCUT2D eigenvalue weighted by Gasteiger charge is 2.17. The highest BCUT2D eigenvalue weighted by molar-refractivity contribution is 5.86. The van der Waals surface area contributed by atoms with Gasteiger partial charge in [-0.15, -0.1) is 0 Å². The van der Waals surface area contributed by atoms with Crippen molar-refractivity contribution < 1.29 is 0 Å². The first-order chi connectivity index (χ1) is 18.2. The molecule has 0 aliphatic heterocycles. The van der Waals surface area contributed by atoms with E-state index in [0.717, 1.165) is 41.0 Å². The van der Waals surface area contributed by atoms with Crippen molar-refractivity contribution in [2.45, 2.75) is 58.3 Å². The summed E-state index contributed by atoms with van der Waals surface area (Å²) in [6, 6.07) is 19.5. The fourth-order valence-electron chi connectivity index (χ4n) is 5.75. The molecule has 0 saturated carbocycles. The number of fused-ring (bicyclic) bond motifs is 2. The highest BCUT2D eigenvalue weighted by Crippen LogP contribution is 2.37. The summed E-state index contributed by atoms with van der Waals surface area (Å²) in [7, 11) is 0. The van der Waals surface area contributed by atoms with E-state index in [2.05, 4.69) is 62.4 Å². The molecule has 37 heavy (non-hydrogen) atoms. The molecule has 5 nitrogen and oxygen atoms in total. The van der Waals surface area contributed by atoms with Crippen molar-refractivity contribution in [2.24, 2.45) is 0 Å². The predicted molar refractivity (Wildman–Crippen MR) is 151 cm³/mol. The lowest BCUT2D eigenvalue weighted by Gasteiger charge is -2.21. The molecule has 0 spiro atoms. The molecule has 2 N–H and O–H groups in total. The van der Waals surface area contributed by atoms with Gasteiger partial charge in [0.15, 0.2) is 0 Å². The van der Waals surface area contributed by atoms with Gasteiger partial charge in [-0.3, -0.25) is 4.79 Å². The fraction of sp³-hybridized carbons (Fsp3) is 0.281. The van der Waals surface area contributed by atoms with Crippen molar-refractivity contribution in [3.63, 3.8) is 0 Å². The zero-order valence-corrected chi connectivity index (χ0v) is 21.3. The van der Waals surface area contributed by atoms with Crippen molar-refractivity contribution in [1.82, 2.24) is 19.9 Å². The van der Waals surface area contributed by atoms with Crippen LogP contribution in [-0.4, -0.2) is 19.9 Å². The number of nitrogens with one attached hydrogen (secondary N) is 2. The number of aromatic nitrogens is 4. The first-order valence-corrected chi connectivity index (χ1v) is 13.4. The molecule has 0 unspecified atom stereocenters. The van der Waals surface area contributed by atoms with E-state index < -0.39 is 0 Å². The third-order valence-corrected chi connectivity index (χ3v) is 7.70. The van der Waals surface area contributed by atoms with Gasteiger partial charge in [-0.2, -0.15) is 0 Å². The summed E-state index contributed by atoms with van der Waals surface area (Å²) in [5, 5.41) is 0.641. The van der Waals surface area contributed by atoms with Crippen LogP contribution in [0.15, 0.2) is 71.9 Å². The van der Waals surface area contributed by atoms with Gasteiger partial charge in [0.05, 0.1) is 29.1 Å². The van der Waals surface area contributed by atoms with Crippen LogP contribution >= 0.6 is 0 Å². The van der Waals surface area contributed by atoms with Crippen LogP contribution < -0.4 is 5.56 Å². The molecule has 186 valence electrons. The molecule has 6 rings (SSSR count). The van der Waals surface area contributed by atoms with Crippen LogP contribution in [0.1, 0.15) is 55.5 Å². The molecule has 5 aromatic rings. The minimum absolute atomic E-state index is 0.0906. The molecule has 5 heteroatoms. The number of imidazole rings is 1. The van der Waals surface area contributed by atoms with Gasteiger partial charge in [-0.25, -0.2) is 9.97 Å². The number of hydrogen-bond acceptors (Lipinski definition) is 3. The van der Waals surface area contributed by atoms with E-state index >= 15 is 0 Å². The van der Waals surface area contributed by atoms with Gasteiger partial charge in [-0.1, -0.05) is 68.1 Å². The number of hydrogen-bond donors (Lipinski definition) is 2. The summed E-state index contributed by atoms with van der Waals surface area (Å²) in [4.78, 5) is 27.2. The number of rotatable bonds is 3. The molecule has 0 radical (unpaired) electrons. The van der Waals surface area contributed by atoms with Gasteiger partial charge in [0.1, 0.15) is 5.82 Å². The van der Waals surface area contributed by atoms with Gasteiger partial charge in [0, 0.05) is 0 Å². The first-order valence-electron chi connectivity index (χ1n) is 13.4. The van der Waals surface area contributed by atoms with Crippen molar-refractivity contribution >= 4 is 10.9 Å². The topological polar surface area (TPSA) is 74.4 Å². The number of nitrogens with zero attached hydrogens (tertiary/aromatic N) is 2. The molecular weight excluding hydrogens is 456 g/mol. The van der Waals surface area contributed by atoms with Gasteiger partial charge >= 0.3 is 0 Å². The molecular formula is C32H32N4O. The van der Waals surface area contributed by atoms with Crippen LogP contribution in [0.5, 0.6) is 0 Å². The summed E-state index contributed by atoms with van der Waals surface area (Å²) < 4.78 is 0. The maximum atomic E-state index is 12.5. The average Bonchev–Trinajstić information content (AvgIpc) is 3.37. The van der Waals surface area contributed by atoms with Gasteiger partial charge < -0.3 is 9.97 Å². The van der Waals surface area contributed by atoms with E-state index in [-0.39, 0.29) is 5.56 Å². The Labute approximate surface area is 217 Å². The zero-order chi connectivity index (χ0) is 25.2. The lowest BCUT2D eigenvalue weighted by molar-refractivity contribution is 0.581. The largest absolute Gasteiger partial charge is 0.342 e. The minimum atomic E-state index is -0.0906. The second-order valence-corrected chi connectivity index (χ2v) is 10.2. The highest BCUT2D eigenvalue weighted by atomic mass is 16.1. The zero-order valence-electron chi connectivity index (χ0n) is 21.3. The third-order valence-electron chi connectivity index (χ3n) is 7.70.